The second-order valence-electron chi connectivity index (χ2n) is 6.25. The van der Waals surface area contributed by atoms with Gasteiger partial charge in [0.15, 0.2) is 5.69 Å². The molecule has 21 heavy (non-hydrogen) atoms. The first-order valence-electron chi connectivity index (χ1n) is 7.62. The van der Waals surface area contributed by atoms with E-state index < -0.39 is 11.9 Å². The van der Waals surface area contributed by atoms with Crippen molar-refractivity contribution in [3.63, 3.8) is 0 Å². The minimum atomic E-state index is -4.40. The van der Waals surface area contributed by atoms with Gasteiger partial charge in [-0.25, -0.2) is 9.97 Å². The highest BCUT2D eigenvalue weighted by Gasteiger charge is 2.38. The molecular weight excluding hydrogens is 279 g/mol. The number of alkyl halides is 3. The Morgan fingerprint density at radius 2 is 2.00 bits per heavy atom. The van der Waals surface area contributed by atoms with Crippen molar-refractivity contribution in [3.8, 4) is 0 Å². The van der Waals surface area contributed by atoms with Gasteiger partial charge in [0.25, 0.3) is 0 Å². The normalized spacial score (nSPS) is 26.5. The van der Waals surface area contributed by atoms with E-state index in [1.54, 1.807) is 0 Å². The summed E-state index contributed by atoms with van der Waals surface area (Å²) in [6, 6.07) is 0. The van der Waals surface area contributed by atoms with Crippen LogP contribution >= 0.6 is 0 Å². The van der Waals surface area contributed by atoms with Gasteiger partial charge in [-0.2, -0.15) is 13.2 Å². The predicted octanol–water partition coefficient (Wildman–Crippen LogP) is 3.43. The zero-order chi connectivity index (χ0) is 15.0. The third-order valence-corrected chi connectivity index (χ3v) is 4.52. The summed E-state index contributed by atoms with van der Waals surface area (Å²) >= 11 is 0. The average molecular weight is 299 g/mol. The van der Waals surface area contributed by atoms with E-state index in [4.69, 9.17) is 0 Å². The number of hydrogen-bond donors (Lipinski definition) is 1. The molecule has 1 aromatic rings. The van der Waals surface area contributed by atoms with Gasteiger partial charge in [-0.05, 0) is 18.8 Å². The van der Waals surface area contributed by atoms with Crippen molar-refractivity contribution >= 4 is 0 Å². The molecule has 0 spiro atoms. The van der Waals surface area contributed by atoms with Crippen molar-refractivity contribution in [1.29, 1.82) is 0 Å². The lowest BCUT2D eigenvalue weighted by molar-refractivity contribution is -0.142. The van der Waals surface area contributed by atoms with E-state index in [1.807, 2.05) is 0 Å². The van der Waals surface area contributed by atoms with Crippen LogP contribution in [0.1, 0.15) is 61.3 Å². The Balaban J connectivity index is 2.01. The van der Waals surface area contributed by atoms with E-state index in [9.17, 15) is 13.2 Å². The summed E-state index contributed by atoms with van der Waals surface area (Å²) in [4.78, 5) is 8.43. The van der Waals surface area contributed by atoms with Gasteiger partial charge in [0.05, 0.1) is 5.69 Å². The van der Waals surface area contributed by atoms with Crippen molar-refractivity contribution in [3.05, 3.63) is 22.8 Å². The minimum absolute atomic E-state index is 0.0787. The quantitative estimate of drug-likeness (QED) is 0.863. The number of halogens is 3. The molecule has 6 heteroatoms. The van der Waals surface area contributed by atoms with Crippen molar-refractivity contribution in [2.24, 2.45) is 5.92 Å². The Kier molecular flexibility index (Phi) is 3.90. The molecule has 116 valence electrons. The molecule has 0 saturated heterocycles. The summed E-state index contributed by atoms with van der Waals surface area (Å²) in [5.41, 5.74) is 0.0959. The van der Waals surface area contributed by atoms with E-state index in [1.165, 1.54) is 0 Å². The fraction of sp³-hybridized carbons (Fsp3) is 0.733. The topological polar surface area (TPSA) is 37.8 Å². The summed E-state index contributed by atoms with van der Waals surface area (Å²) in [6.07, 6.45) is 0.150. The molecule has 1 saturated carbocycles. The summed E-state index contributed by atoms with van der Waals surface area (Å²) in [5, 5.41) is 2.98. The van der Waals surface area contributed by atoms with Gasteiger partial charge in [0, 0.05) is 31.0 Å². The zero-order valence-electron chi connectivity index (χ0n) is 12.1. The summed E-state index contributed by atoms with van der Waals surface area (Å²) in [5.74, 6) is 1.03. The molecule has 1 fully saturated rings. The van der Waals surface area contributed by atoms with E-state index >= 15 is 0 Å². The third-order valence-electron chi connectivity index (χ3n) is 4.52. The van der Waals surface area contributed by atoms with Gasteiger partial charge >= 0.3 is 6.18 Å². The first kappa shape index (κ1) is 14.8. The van der Waals surface area contributed by atoms with Gasteiger partial charge in [-0.15, -0.1) is 0 Å². The number of aromatic nitrogens is 2. The molecule has 0 bridgehead atoms. The van der Waals surface area contributed by atoms with Crippen LogP contribution in [0.2, 0.25) is 0 Å². The van der Waals surface area contributed by atoms with Crippen LogP contribution in [0, 0.1) is 5.92 Å². The second kappa shape index (κ2) is 5.55. The Labute approximate surface area is 122 Å². The van der Waals surface area contributed by atoms with Gasteiger partial charge in [0.2, 0.25) is 0 Å². The Morgan fingerprint density at radius 1 is 1.19 bits per heavy atom. The van der Waals surface area contributed by atoms with Crippen LogP contribution in [0.25, 0.3) is 0 Å². The lowest BCUT2D eigenvalue weighted by atomic mass is 9.82. The molecule has 0 radical (unpaired) electrons. The van der Waals surface area contributed by atoms with E-state index in [2.05, 4.69) is 22.2 Å². The molecule has 2 atom stereocenters. The maximum atomic E-state index is 13.3. The molecule has 1 aliphatic carbocycles. The zero-order valence-corrected chi connectivity index (χ0v) is 12.1. The molecule has 2 aliphatic rings. The van der Waals surface area contributed by atoms with E-state index in [-0.39, 0.29) is 18.0 Å². The van der Waals surface area contributed by atoms with E-state index in [0.29, 0.717) is 30.4 Å². The standard InChI is InChI=1S/C15H20F3N3/c1-9-3-2-4-10(7-9)14-20-12-5-6-19-8-11(12)13(21-14)15(16,17)18/h9-10,19H,2-8H2,1H3. The fourth-order valence-electron chi connectivity index (χ4n) is 3.45. The number of nitrogens with zero attached hydrogens (tertiary/aromatic N) is 2. The smallest absolute Gasteiger partial charge is 0.312 e. The summed E-state index contributed by atoms with van der Waals surface area (Å²) in [6.45, 7) is 3.05. The van der Waals surface area contributed by atoms with Crippen LogP contribution in [0.15, 0.2) is 0 Å². The number of nitrogens with one attached hydrogen (secondary N) is 1. The highest BCUT2D eigenvalue weighted by molar-refractivity contribution is 5.31. The predicted molar refractivity (Wildman–Crippen MR) is 72.8 cm³/mol. The number of fused-ring (bicyclic) bond motifs is 1. The second-order valence-corrected chi connectivity index (χ2v) is 6.25. The largest absolute Gasteiger partial charge is 0.433 e. The molecule has 0 aromatic carbocycles. The van der Waals surface area contributed by atoms with Crippen LogP contribution in [-0.2, 0) is 19.1 Å². The van der Waals surface area contributed by atoms with Crippen LogP contribution < -0.4 is 5.32 Å². The Morgan fingerprint density at radius 3 is 2.71 bits per heavy atom. The molecule has 2 heterocycles. The summed E-state index contributed by atoms with van der Waals surface area (Å²) < 4.78 is 39.8. The highest BCUT2D eigenvalue weighted by Crippen LogP contribution is 2.38. The first-order valence-corrected chi connectivity index (χ1v) is 7.62. The number of rotatable bonds is 1. The lowest BCUT2D eigenvalue weighted by Crippen LogP contribution is -2.30. The van der Waals surface area contributed by atoms with Crippen molar-refractivity contribution in [1.82, 2.24) is 15.3 Å². The minimum Gasteiger partial charge on any atom is -0.312 e. The number of hydrogen-bond acceptors (Lipinski definition) is 3. The molecule has 1 aliphatic heterocycles. The maximum Gasteiger partial charge on any atom is 0.433 e. The van der Waals surface area contributed by atoms with Gasteiger partial charge < -0.3 is 5.32 Å². The monoisotopic (exact) mass is 299 g/mol. The molecular formula is C15H20F3N3. The molecule has 1 aromatic heterocycles. The molecule has 3 nitrogen and oxygen atoms in total. The fourth-order valence-corrected chi connectivity index (χ4v) is 3.45. The van der Waals surface area contributed by atoms with E-state index in [0.717, 1.165) is 25.7 Å². The van der Waals surface area contributed by atoms with Gasteiger partial charge in [-0.1, -0.05) is 19.8 Å². The van der Waals surface area contributed by atoms with Gasteiger partial charge in [-0.3, -0.25) is 0 Å². The van der Waals surface area contributed by atoms with Gasteiger partial charge in [0.1, 0.15) is 5.82 Å². The van der Waals surface area contributed by atoms with Crippen LogP contribution in [0.5, 0.6) is 0 Å². The van der Waals surface area contributed by atoms with Crippen molar-refractivity contribution < 1.29 is 13.2 Å². The Hall–Kier alpha value is -1.17. The average Bonchev–Trinajstić information content (AvgIpc) is 2.45. The summed E-state index contributed by atoms with van der Waals surface area (Å²) in [7, 11) is 0. The molecule has 2 unspecified atom stereocenters. The lowest BCUT2D eigenvalue weighted by Gasteiger charge is -2.28. The van der Waals surface area contributed by atoms with Crippen molar-refractivity contribution in [2.45, 2.75) is 57.7 Å². The SMILES string of the molecule is CC1CCCC(c2nc3c(c(C(F)(F)F)n2)CNCC3)C1. The Bertz CT molecular complexity index is 528. The molecule has 1 N–H and O–H groups in total. The maximum absolute atomic E-state index is 13.3. The molecule has 3 rings (SSSR count). The first-order chi connectivity index (χ1) is 9.95. The van der Waals surface area contributed by atoms with Crippen LogP contribution in [0.4, 0.5) is 13.2 Å². The third kappa shape index (κ3) is 3.05. The van der Waals surface area contributed by atoms with Crippen molar-refractivity contribution in [2.75, 3.05) is 6.54 Å². The van der Waals surface area contributed by atoms with Crippen LogP contribution in [0.3, 0.4) is 0 Å². The molecule has 0 amide bonds. The van der Waals surface area contributed by atoms with Crippen LogP contribution in [-0.4, -0.2) is 16.5 Å². The highest BCUT2D eigenvalue weighted by atomic mass is 19.4.